The molecular weight excluding hydrogens is 538 g/mol. The van der Waals surface area contributed by atoms with Crippen LogP contribution in [0.25, 0.3) is 11.0 Å². The van der Waals surface area contributed by atoms with Gasteiger partial charge in [0.2, 0.25) is 5.78 Å². The number of hydrogen-bond acceptors (Lipinski definition) is 6. The second-order valence-corrected chi connectivity index (χ2v) is 9.56. The number of carbonyl (C=O) groups is 2. The first-order valence-electron chi connectivity index (χ1n) is 11.7. The first-order valence-corrected chi connectivity index (χ1v) is 12.5. The third-order valence-electron chi connectivity index (χ3n) is 6.24. The third kappa shape index (κ3) is 4.38. The average molecular weight is 562 g/mol. The third-order valence-corrected chi connectivity index (χ3v) is 6.73. The SMILES string of the molecule is CCOc1cc(C2C(C(=O)c3cc4cc(Br)ccc4o3)=C(O)C(=O)N2c2cccc(C)c2)ccc1OC. The molecule has 37 heavy (non-hydrogen) atoms. The van der Waals surface area contributed by atoms with Crippen molar-refractivity contribution >= 4 is 44.3 Å². The molecule has 0 radical (unpaired) electrons. The molecule has 8 heteroatoms. The monoisotopic (exact) mass is 561 g/mol. The van der Waals surface area contributed by atoms with Crippen LogP contribution >= 0.6 is 15.9 Å². The Hall–Kier alpha value is -4.04. The number of carbonyl (C=O) groups excluding carboxylic acids is 2. The van der Waals surface area contributed by atoms with Gasteiger partial charge in [-0.05, 0) is 73.5 Å². The fourth-order valence-electron chi connectivity index (χ4n) is 4.59. The van der Waals surface area contributed by atoms with Crippen LogP contribution in [0.15, 0.2) is 87.0 Å². The van der Waals surface area contributed by atoms with Crippen molar-refractivity contribution in [3.05, 3.63) is 99.4 Å². The van der Waals surface area contributed by atoms with Crippen molar-refractivity contribution in [2.24, 2.45) is 0 Å². The van der Waals surface area contributed by atoms with Crippen molar-refractivity contribution in [3.63, 3.8) is 0 Å². The predicted octanol–water partition coefficient (Wildman–Crippen LogP) is 6.69. The number of ketones is 1. The number of rotatable bonds is 7. The molecule has 2 heterocycles. The Balaban J connectivity index is 1.68. The van der Waals surface area contributed by atoms with E-state index in [9.17, 15) is 14.7 Å². The lowest BCUT2D eigenvalue weighted by Crippen LogP contribution is -2.31. The van der Waals surface area contributed by atoms with E-state index in [0.717, 1.165) is 15.4 Å². The number of halogens is 1. The molecule has 0 spiro atoms. The minimum Gasteiger partial charge on any atom is -0.503 e. The minimum atomic E-state index is -0.924. The molecule has 3 aromatic carbocycles. The van der Waals surface area contributed by atoms with Gasteiger partial charge in [-0.1, -0.05) is 34.1 Å². The van der Waals surface area contributed by atoms with Crippen molar-refractivity contribution in [1.29, 1.82) is 0 Å². The van der Waals surface area contributed by atoms with Crippen molar-refractivity contribution in [2.75, 3.05) is 18.6 Å². The van der Waals surface area contributed by atoms with Gasteiger partial charge in [-0.15, -0.1) is 0 Å². The molecule has 1 amide bonds. The van der Waals surface area contributed by atoms with E-state index in [1.54, 1.807) is 36.4 Å². The highest BCUT2D eigenvalue weighted by atomic mass is 79.9. The quantitative estimate of drug-likeness (QED) is 0.253. The van der Waals surface area contributed by atoms with Crippen molar-refractivity contribution in [2.45, 2.75) is 19.9 Å². The number of amides is 1. The Labute approximate surface area is 222 Å². The smallest absolute Gasteiger partial charge is 0.294 e. The summed E-state index contributed by atoms with van der Waals surface area (Å²) in [4.78, 5) is 28.8. The average Bonchev–Trinajstić information content (AvgIpc) is 3.42. The Morgan fingerprint density at radius 3 is 2.62 bits per heavy atom. The van der Waals surface area contributed by atoms with Crippen LogP contribution in [0.3, 0.4) is 0 Å². The summed E-state index contributed by atoms with van der Waals surface area (Å²) in [7, 11) is 1.54. The minimum absolute atomic E-state index is 0.0251. The highest BCUT2D eigenvalue weighted by Crippen LogP contribution is 2.44. The number of benzene rings is 3. The van der Waals surface area contributed by atoms with Gasteiger partial charge in [-0.25, -0.2) is 0 Å². The summed E-state index contributed by atoms with van der Waals surface area (Å²) in [6.07, 6.45) is 0. The molecule has 1 aromatic heterocycles. The molecule has 1 aliphatic heterocycles. The Bertz CT molecular complexity index is 1570. The number of methoxy groups -OCH3 is 1. The van der Waals surface area contributed by atoms with E-state index in [1.165, 1.54) is 12.0 Å². The van der Waals surface area contributed by atoms with Gasteiger partial charge in [0.05, 0.1) is 25.3 Å². The zero-order valence-electron chi connectivity index (χ0n) is 20.4. The van der Waals surface area contributed by atoms with Crippen molar-refractivity contribution in [1.82, 2.24) is 0 Å². The molecule has 0 bridgehead atoms. The van der Waals surface area contributed by atoms with Gasteiger partial charge in [0.25, 0.3) is 5.91 Å². The molecule has 188 valence electrons. The number of anilines is 1. The maximum absolute atomic E-state index is 13.9. The molecule has 1 unspecified atom stereocenters. The molecule has 4 aromatic rings. The molecule has 1 aliphatic rings. The van der Waals surface area contributed by atoms with Crippen LogP contribution in [-0.2, 0) is 4.79 Å². The lowest BCUT2D eigenvalue weighted by molar-refractivity contribution is -0.117. The number of Topliss-reactive ketones (excluding diaryl/α,β-unsaturated/α-hetero) is 1. The molecule has 1 N–H and O–H groups in total. The lowest BCUT2D eigenvalue weighted by atomic mass is 9.94. The summed E-state index contributed by atoms with van der Waals surface area (Å²) in [6.45, 7) is 4.16. The number of aliphatic hydroxyl groups excluding tert-OH is 1. The van der Waals surface area contributed by atoms with Crippen LogP contribution < -0.4 is 14.4 Å². The first kappa shape index (κ1) is 24.6. The van der Waals surface area contributed by atoms with E-state index in [4.69, 9.17) is 13.9 Å². The summed E-state index contributed by atoms with van der Waals surface area (Å²) in [6, 6.07) is 18.6. The van der Waals surface area contributed by atoms with Crippen LogP contribution in [0.1, 0.15) is 34.6 Å². The maximum atomic E-state index is 13.9. The van der Waals surface area contributed by atoms with Gasteiger partial charge in [0, 0.05) is 15.5 Å². The Morgan fingerprint density at radius 1 is 1.08 bits per heavy atom. The number of aryl methyl sites for hydroxylation is 1. The van der Waals surface area contributed by atoms with Crippen LogP contribution in [-0.4, -0.2) is 30.5 Å². The topological polar surface area (TPSA) is 89.2 Å². The highest BCUT2D eigenvalue weighted by Gasteiger charge is 2.45. The van der Waals surface area contributed by atoms with Crippen LogP contribution in [0.4, 0.5) is 5.69 Å². The Kier molecular flexibility index (Phi) is 6.52. The normalized spacial score (nSPS) is 15.5. The molecule has 0 fully saturated rings. The second kappa shape index (κ2) is 9.78. The van der Waals surface area contributed by atoms with Gasteiger partial charge in [0.1, 0.15) is 5.58 Å². The number of ether oxygens (including phenoxy) is 2. The summed E-state index contributed by atoms with van der Waals surface area (Å²) in [5.41, 5.74) is 2.50. The number of nitrogens with zero attached hydrogens (tertiary/aromatic N) is 1. The van der Waals surface area contributed by atoms with Crippen molar-refractivity contribution < 1.29 is 28.6 Å². The summed E-state index contributed by atoms with van der Waals surface area (Å²) >= 11 is 3.42. The highest BCUT2D eigenvalue weighted by molar-refractivity contribution is 9.10. The van der Waals surface area contributed by atoms with E-state index >= 15 is 0 Å². The maximum Gasteiger partial charge on any atom is 0.294 e. The fourth-order valence-corrected chi connectivity index (χ4v) is 4.97. The van der Waals surface area contributed by atoms with E-state index in [1.807, 2.05) is 44.2 Å². The van der Waals surface area contributed by atoms with E-state index in [-0.39, 0.29) is 11.3 Å². The molecule has 7 nitrogen and oxygen atoms in total. The van der Waals surface area contributed by atoms with Gasteiger partial charge in [-0.3, -0.25) is 14.5 Å². The molecule has 5 rings (SSSR count). The Morgan fingerprint density at radius 2 is 1.89 bits per heavy atom. The summed E-state index contributed by atoms with van der Waals surface area (Å²) in [5, 5.41) is 11.8. The van der Waals surface area contributed by atoms with E-state index in [0.29, 0.717) is 34.9 Å². The zero-order chi connectivity index (χ0) is 26.3. The molecule has 0 aliphatic carbocycles. The number of hydrogen-bond donors (Lipinski definition) is 1. The predicted molar refractivity (Wildman–Crippen MR) is 143 cm³/mol. The standard InChI is InChI=1S/C29H24BrNO6/c1-4-36-23-14-17(8-10-22(23)35-3)26-25(27(32)24-15-18-13-19(30)9-11-21(18)37-24)28(33)29(34)31(26)20-7-5-6-16(2)12-20/h5-15,26,33H,4H2,1-3H3. The molecule has 0 saturated heterocycles. The first-order chi connectivity index (χ1) is 17.8. The van der Waals surface area contributed by atoms with Gasteiger partial charge < -0.3 is 19.0 Å². The van der Waals surface area contributed by atoms with Crippen LogP contribution in [0.5, 0.6) is 11.5 Å². The van der Waals surface area contributed by atoms with Crippen LogP contribution in [0.2, 0.25) is 0 Å². The van der Waals surface area contributed by atoms with Crippen LogP contribution in [0, 0.1) is 6.92 Å². The summed E-state index contributed by atoms with van der Waals surface area (Å²) in [5.74, 6) is -0.866. The largest absolute Gasteiger partial charge is 0.503 e. The van der Waals surface area contributed by atoms with Gasteiger partial charge >= 0.3 is 0 Å². The van der Waals surface area contributed by atoms with Crippen molar-refractivity contribution in [3.8, 4) is 11.5 Å². The molecular formula is C29H24BrNO6. The molecule has 1 atom stereocenters. The van der Waals surface area contributed by atoms with E-state index < -0.39 is 23.5 Å². The second-order valence-electron chi connectivity index (χ2n) is 8.64. The van der Waals surface area contributed by atoms with Gasteiger partial charge in [0.15, 0.2) is 23.0 Å². The molecule has 0 saturated carbocycles. The van der Waals surface area contributed by atoms with Gasteiger partial charge in [-0.2, -0.15) is 0 Å². The van der Waals surface area contributed by atoms with E-state index in [2.05, 4.69) is 15.9 Å². The summed E-state index contributed by atoms with van der Waals surface area (Å²) < 4.78 is 17.8. The number of furan rings is 1. The fraction of sp³-hybridized carbons (Fsp3) is 0.172. The zero-order valence-corrected chi connectivity index (χ0v) is 22.0. The number of aliphatic hydroxyl groups is 1. The lowest BCUT2D eigenvalue weighted by Gasteiger charge is -2.27. The number of fused-ring (bicyclic) bond motifs is 1.